The second-order valence-electron chi connectivity index (χ2n) is 9.58. The molecule has 0 saturated carbocycles. The van der Waals surface area contributed by atoms with Crippen LogP contribution in [0.15, 0.2) is 121 Å². The first-order chi connectivity index (χ1) is 18.7. The van der Waals surface area contributed by atoms with Gasteiger partial charge < -0.3 is 0 Å². The Morgan fingerprint density at radius 2 is 1.16 bits per heavy atom. The van der Waals surface area contributed by atoms with Gasteiger partial charge >= 0.3 is 0 Å². The zero-order valence-electron chi connectivity index (χ0n) is 20.4. The summed E-state index contributed by atoms with van der Waals surface area (Å²) in [4.78, 5) is 3.56. The molecule has 0 aliphatic rings. The molecule has 7 aromatic rings. The van der Waals surface area contributed by atoms with Gasteiger partial charge in [-0.1, -0.05) is 97.1 Å². The summed E-state index contributed by atoms with van der Waals surface area (Å²) < 4.78 is 0. The van der Waals surface area contributed by atoms with Gasteiger partial charge in [-0.25, -0.2) is 4.85 Å². The highest BCUT2D eigenvalue weighted by Gasteiger charge is 2.14. The molecule has 0 fully saturated rings. The fraction of sp³-hybridized carbons (Fsp3) is 0. The number of nitrogens with zero attached hydrogens (tertiary/aromatic N) is 2. The number of benzene rings is 7. The summed E-state index contributed by atoms with van der Waals surface area (Å²) in [6.45, 7) is 7.31. The lowest BCUT2D eigenvalue weighted by molar-refractivity contribution is 1.50. The normalized spacial score (nSPS) is 11.1. The molecular weight excluding hydrogens is 460 g/mol. The topological polar surface area (TPSA) is 28.1 Å². The van der Waals surface area contributed by atoms with Gasteiger partial charge in [0.2, 0.25) is 0 Å². The Labute approximate surface area is 220 Å². The smallest absolute Gasteiger partial charge is 0.187 e. The van der Waals surface area contributed by atoms with Crippen LogP contribution in [-0.4, -0.2) is 0 Å². The minimum absolute atomic E-state index is 0.646. The molecule has 0 N–H and O–H groups in total. The third-order valence-corrected chi connectivity index (χ3v) is 7.47. The predicted molar refractivity (Wildman–Crippen MR) is 158 cm³/mol. The summed E-state index contributed by atoms with van der Waals surface area (Å²) in [5, 5.41) is 18.8. The minimum Gasteiger partial charge on any atom is -0.238 e. The molecule has 0 unspecified atom stereocenters. The second-order valence-corrected chi connectivity index (χ2v) is 9.58. The van der Waals surface area contributed by atoms with Crippen molar-refractivity contribution in [2.45, 2.75) is 0 Å². The van der Waals surface area contributed by atoms with Gasteiger partial charge in [0, 0.05) is 0 Å². The van der Waals surface area contributed by atoms with Crippen molar-refractivity contribution in [3.05, 3.63) is 138 Å². The monoisotopic (exact) mass is 480 g/mol. The molecule has 0 aromatic heterocycles. The number of hydrogen-bond donors (Lipinski definition) is 0. The molecule has 7 rings (SSSR count). The fourth-order valence-corrected chi connectivity index (χ4v) is 5.64. The summed E-state index contributed by atoms with van der Waals surface area (Å²) >= 11 is 0. The van der Waals surface area contributed by atoms with Gasteiger partial charge in [0.15, 0.2) is 5.69 Å². The van der Waals surface area contributed by atoms with Crippen molar-refractivity contribution in [1.29, 1.82) is 5.26 Å². The number of fused-ring (bicyclic) bond motifs is 7. The first-order valence-electron chi connectivity index (χ1n) is 12.5. The van der Waals surface area contributed by atoms with Gasteiger partial charge in [0.05, 0.1) is 18.2 Å². The molecule has 174 valence electrons. The predicted octanol–water partition coefficient (Wildman–Crippen LogP) is 10.1. The van der Waals surface area contributed by atoms with Crippen molar-refractivity contribution in [2.24, 2.45) is 0 Å². The van der Waals surface area contributed by atoms with E-state index < -0.39 is 0 Å². The maximum Gasteiger partial charge on any atom is 0.187 e. The molecule has 0 amide bonds. The number of hydrogen-bond acceptors (Lipinski definition) is 1. The summed E-state index contributed by atoms with van der Waals surface area (Å²) in [5.74, 6) is 0. The average Bonchev–Trinajstić information content (AvgIpc) is 3.00. The van der Waals surface area contributed by atoms with Crippen molar-refractivity contribution in [3.63, 3.8) is 0 Å². The highest BCUT2D eigenvalue weighted by Crippen LogP contribution is 2.41. The maximum absolute atomic E-state index is 9.25. The van der Waals surface area contributed by atoms with Crippen molar-refractivity contribution in [1.82, 2.24) is 0 Å². The lowest BCUT2D eigenvalue weighted by Gasteiger charge is -2.15. The van der Waals surface area contributed by atoms with Crippen LogP contribution in [0.3, 0.4) is 0 Å². The Balaban J connectivity index is 1.51. The molecule has 2 nitrogen and oxygen atoms in total. The Kier molecular flexibility index (Phi) is 4.93. The highest BCUT2D eigenvalue weighted by atomic mass is 14.6. The van der Waals surface area contributed by atoms with Crippen molar-refractivity contribution in [2.75, 3.05) is 0 Å². The van der Waals surface area contributed by atoms with E-state index in [0.717, 1.165) is 27.5 Å². The lowest BCUT2D eigenvalue weighted by atomic mass is 9.88. The molecule has 0 aliphatic carbocycles. The third-order valence-electron chi connectivity index (χ3n) is 7.47. The molecule has 2 heteroatoms. The molecule has 0 bridgehead atoms. The van der Waals surface area contributed by atoms with Gasteiger partial charge in [-0.2, -0.15) is 5.26 Å². The van der Waals surface area contributed by atoms with Crippen LogP contribution >= 0.6 is 0 Å². The molecule has 0 aliphatic heterocycles. The van der Waals surface area contributed by atoms with Gasteiger partial charge in [0.1, 0.15) is 0 Å². The van der Waals surface area contributed by atoms with E-state index in [-0.39, 0.29) is 0 Å². The Bertz CT molecular complexity index is 2140. The van der Waals surface area contributed by atoms with Crippen LogP contribution in [0.4, 0.5) is 5.69 Å². The SMILES string of the molecule is [C-]#[N+]c1ccc(-c2cccc3c4cc(-c5ccc6cc(C#N)ccc6c5)ccc4c4ccccc4c23)cc1. The van der Waals surface area contributed by atoms with Crippen LogP contribution in [0.1, 0.15) is 5.56 Å². The molecule has 0 saturated heterocycles. The minimum atomic E-state index is 0.646. The molecule has 38 heavy (non-hydrogen) atoms. The standard InChI is InChI=1S/C36H20N2/c1-38-29-16-13-24(14-17-29)30-7-4-8-34-35-21-28(15-18-32(35)31-5-2-3-6-33(31)36(30)34)27-12-11-25-19-23(22-37)9-10-26(25)20-27/h2-21H. The molecule has 7 aromatic carbocycles. The van der Waals surface area contributed by atoms with E-state index in [1.165, 1.54) is 37.9 Å². The van der Waals surface area contributed by atoms with Crippen LogP contribution in [0.25, 0.3) is 70.2 Å². The average molecular weight is 481 g/mol. The summed E-state index contributed by atoms with van der Waals surface area (Å²) in [6.07, 6.45) is 0. The zero-order chi connectivity index (χ0) is 25.6. The Hall–Kier alpha value is -5.44. The van der Waals surface area contributed by atoms with E-state index in [4.69, 9.17) is 6.57 Å². The largest absolute Gasteiger partial charge is 0.238 e. The molecular formula is C36H20N2. The van der Waals surface area contributed by atoms with E-state index in [1.54, 1.807) is 0 Å². The Morgan fingerprint density at radius 1 is 0.526 bits per heavy atom. The van der Waals surface area contributed by atoms with Crippen LogP contribution in [0.5, 0.6) is 0 Å². The third kappa shape index (κ3) is 3.40. The second kappa shape index (κ2) is 8.59. The van der Waals surface area contributed by atoms with E-state index in [2.05, 4.69) is 89.8 Å². The van der Waals surface area contributed by atoms with Gasteiger partial charge in [-0.15, -0.1) is 0 Å². The van der Waals surface area contributed by atoms with Crippen LogP contribution in [-0.2, 0) is 0 Å². The first-order valence-corrected chi connectivity index (χ1v) is 12.5. The maximum atomic E-state index is 9.25. The first kappa shape index (κ1) is 21.8. The number of rotatable bonds is 2. The Morgan fingerprint density at radius 3 is 1.97 bits per heavy atom. The summed E-state index contributed by atoms with van der Waals surface area (Å²) in [7, 11) is 0. The fourth-order valence-electron chi connectivity index (χ4n) is 5.64. The van der Waals surface area contributed by atoms with Crippen LogP contribution in [0.2, 0.25) is 0 Å². The molecule has 0 radical (unpaired) electrons. The summed E-state index contributed by atoms with van der Waals surface area (Å²) in [5.41, 5.74) is 5.90. The van der Waals surface area contributed by atoms with E-state index in [0.29, 0.717) is 11.3 Å². The van der Waals surface area contributed by atoms with E-state index in [1.807, 2.05) is 42.5 Å². The molecule has 0 heterocycles. The van der Waals surface area contributed by atoms with E-state index in [9.17, 15) is 5.26 Å². The van der Waals surface area contributed by atoms with Gasteiger partial charge in [-0.3, -0.25) is 0 Å². The van der Waals surface area contributed by atoms with Crippen molar-refractivity contribution in [3.8, 4) is 28.3 Å². The van der Waals surface area contributed by atoms with Crippen molar-refractivity contribution >= 4 is 48.8 Å². The van der Waals surface area contributed by atoms with Gasteiger partial charge in [-0.05, 0) is 89.6 Å². The molecule has 0 atom stereocenters. The van der Waals surface area contributed by atoms with Crippen LogP contribution < -0.4 is 0 Å². The van der Waals surface area contributed by atoms with Crippen molar-refractivity contribution < 1.29 is 0 Å². The van der Waals surface area contributed by atoms with E-state index >= 15 is 0 Å². The van der Waals surface area contributed by atoms with Gasteiger partial charge in [0.25, 0.3) is 0 Å². The quantitative estimate of drug-likeness (QED) is 0.179. The zero-order valence-corrected chi connectivity index (χ0v) is 20.4. The van der Waals surface area contributed by atoms with Crippen LogP contribution in [0, 0.1) is 17.9 Å². The summed E-state index contributed by atoms with van der Waals surface area (Å²) in [6, 6.07) is 44.3. The lowest BCUT2D eigenvalue weighted by Crippen LogP contribution is -1.88. The highest BCUT2D eigenvalue weighted by molar-refractivity contribution is 6.28. The molecule has 0 spiro atoms. The number of nitriles is 1.